The molecule has 1 rings (SSSR count). The summed E-state index contributed by atoms with van der Waals surface area (Å²) < 4.78 is 87.5. The van der Waals surface area contributed by atoms with Crippen LogP contribution in [-0.4, -0.2) is 19.8 Å². The molecule has 0 aromatic carbocycles. The third kappa shape index (κ3) is 4.42. The van der Waals surface area contributed by atoms with Crippen molar-refractivity contribution in [3.05, 3.63) is 17.3 Å². The van der Waals surface area contributed by atoms with Gasteiger partial charge in [-0.2, -0.15) is 0 Å². The lowest BCUT2D eigenvalue weighted by atomic mass is 10.2. The predicted octanol–water partition coefficient (Wildman–Crippen LogP) is 3.74. The molecule has 114 valence electrons. The van der Waals surface area contributed by atoms with Crippen molar-refractivity contribution in [1.29, 1.82) is 0 Å². The van der Waals surface area contributed by atoms with Crippen LogP contribution < -0.4 is 4.74 Å². The van der Waals surface area contributed by atoms with E-state index in [4.69, 9.17) is 10.7 Å². The molecular formula is C8H4BrClF5NO3S. The van der Waals surface area contributed by atoms with Crippen molar-refractivity contribution in [2.45, 2.75) is 23.0 Å². The summed E-state index contributed by atoms with van der Waals surface area (Å²) in [6, 6.07) is 0.303. The Bertz CT molecular complexity index is 607. The Labute approximate surface area is 122 Å². The first-order valence-corrected chi connectivity index (χ1v) is 7.97. The Morgan fingerprint density at radius 2 is 1.95 bits per heavy atom. The fraction of sp³-hybridized carbons (Fsp3) is 0.375. The molecule has 1 heterocycles. The summed E-state index contributed by atoms with van der Waals surface area (Å²) >= 11 is 2.75. The maximum Gasteiger partial charge on any atom is 0.574 e. The number of hydrogen-bond donors (Lipinski definition) is 0. The van der Waals surface area contributed by atoms with Gasteiger partial charge in [0.25, 0.3) is 15.5 Å². The minimum atomic E-state index is -5.25. The van der Waals surface area contributed by atoms with Crippen molar-refractivity contribution in [2.75, 3.05) is 0 Å². The number of halogens is 7. The summed E-state index contributed by atoms with van der Waals surface area (Å²) in [5.41, 5.74) is -1.36. The SMILES string of the molecule is O=S(=O)(Cl)c1cc(C(F)F)c(CBr)nc1OC(F)(F)F. The normalized spacial score (nSPS) is 12.8. The standard InChI is InChI=1S/C8H4BrClF5NO3S/c9-2-4-3(6(11)12)1-5(20(10,17)18)7(16-4)19-8(13,14)15/h1,6H,2H2. The molecule has 20 heavy (non-hydrogen) atoms. The van der Waals surface area contributed by atoms with Gasteiger partial charge in [0.15, 0.2) is 0 Å². The fourth-order valence-corrected chi connectivity index (χ4v) is 2.53. The summed E-state index contributed by atoms with van der Waals surface area (Å²) in [6.45, 7) is 0. The molecule has 0 spiro atoms. The van der Waals surface area contributed by atoms with Crippen LogP contribution >= 0.6 is 26.6 Å². The highest BCUT2D eigenvalue weighted by atomic mass is 79.9. The van der Waals surface area contributed by atoms with Crippen LogP contribution in [0.5, 0.6) is 5.88 Å². The first kappa shape index (κ1) is 17.4. The largest absolute Gasteiger partial charge is 0.574 e. The van der Waals surface area contributed by atoms with Crippen molar-refractivity contribution in [1.82, 2.24) is 4.98 Å². The van der Waals surface area contributed by atoms with E-state index in [1.807, 2.05) is 0 Å². The topological polar surface area (TPSA) is 56.3 Å². The quantitative estimate of drug-likeness (QED) is 0.436. The van der Waals surface area contributed by atoms with Gasteiger partial charge in [-0.3, -0.25) is 0 Å². The van der Waals surface area contributed by atoms with E-state index < -0.39 is 43.9 Å². The van der Waals surface area contributed by atoms with Crippen LogP contribution in [0.3, 0.4) is 0 Å². The van der Waals surface area contributed by atoms with E-state index in [-0.39, 0.29) is 5.33 Å². The second-order valence-electron chi connectivity index (χ2n) is 3.25. The minimum absolute atomic E-state index is 0.303. The number of ether oxygens (including phenoxy) is 1. The lowest BCUT2D eigenvalue weighted by molar-refractivity contribution is -0.277. The molecule has 0 bridgehead atoms. The highest BCUT2D eigenvalue weighted by Gasteiger charge is 2.36. The van der Waals surface area contributed by atoms with Crippen LogP contribution in [0.1, 0.15) is 17.7 Å². The second-order valence-corrected chi connectivity index (χ2v) is 6.34. The van der Waals surface area contributed by atoms with Crippen LogP contribution in [-0.2, 0) is 14.4 Å². The van der Waals surface area contributed by atoms with E-state index in [0.29, 0.717) is 6.07 Å². The maximum atomic E-state index is 12.7. The average Bonchev–Trinajstić information content (AvgIpc) is 2.24. The van der Waals surface area contributed by atoms with E-state index in [9.17, 15) is 30.4 Å². The zero-order valence-corrected chi connectivity index (χ0v) is 12.2. The van der Waals surface area contributed by atoms with Gasteiger partial charge in [-0.05, 0) is 6.07 Å². The summed E-state index contributed by atoms with van der Waals surface area (Å²) in [5, 5.41) is -0.330. The Morgan fingerprint density at radius 1 is 1.40 bits per heavy atom. The molecule has 0 fully saturated rings. The highest BCUT2D eigenvalue weighted by Crippen LogP contribution is 2.35. The summed E-state index contributed by atoms with van der Waals surface area (Å²) in [6.07, 6.45) is -8.40. The van der Waals surface area contributed by atoms with Crippen molar-refractivity contribution in [2.24, 2.45) is 0 Å². The molecular weight excluding hydrogens is 401 g/mol. The molecule has 0 saturated carbocycles. The van der Waals surface area contributed by atoms with Gasteiger partial charge < -0.3 is 4.74 Å². The maximum absolute atomic E-state index is 12.7. The summed E-state index contributed by atoms with van der Waals surface area (Å²) in [7, 11) is 0.142. The number of nitrogens with zero attached hydrogens (tertiary/aromatic N) is 1. The lowest BCUT2D eigenvalue weighted by Gasteiger charge is -2.14. The van der Waals surface area contributed by atoms with Crippen LogP contribution in [0, 0.1) is 0 Å². The van der Waals surface area contributed by atoms with Gasteiger partial charge in [-0.15, -0.1) is 13.2 Å². The Balaban J connectivity index is 3.56. The monoisotopic (exact) mass is 403 g/mol. The molecule has 4 nitrogen and oxygen atoms in total. The van der Waals surface area contributed by atoms with Gasteiger partial charge in [0, 0.05) is 21.6 Å². The van der Waals surface area contributed by atoms with E-state index in [0.717, 1.165) is 0 Å². The molecule has 0 radical (unpaired) electrons. The molecule has 0 aliphatic carbocycles. The van der Waals surface area contributed by atoms with Crippen LogP contribution in [0.2, 0.25) is 0 Å². The first-order valence-electron chi connectivity index (χ1n) is 4.54. The second kappa shape index (κ2) is 5.98. The number of rotatable bonds is 4. The van der Waals surface area contributed by atoms with Gasteiger partial charge in [-0.25, -0.2) is 22.2 Å². The summed E-state index contributed by atoms with van der Waals surface area (Å²) in [5.74, 6) is -1.41. The third-order valence-corrected chi connectivity index (χ3v) is 3.75. The van der Waals surface area contributed by atoms with Gasteiger partial charge in [-0.1, -0.05) is 15.9 Å². The fourth-order valence-electron chi connectivity index (χ4n) is 1.18. The van der Waals surface area contributed by atoms with Crippen LogP contribution in [0.15, 0.2) is 11.0 Å². The number of hydrogen-bond acceptors (Lipinski definition) is 4. The Kier molecular flexibility index (Phi) is 5.19. The molecule has 0 atom stereocenters. The number of pyridine rings is 1. The zero-order valence-electron chi connectivity index (χ0n) is 9.09. The van der Waals surface area contributed by atoms with Crippen molar-refractivity contribution in [3.8, 4) is 5.88 Å². The van der Waals surface area contributed by atoms with E-state index in [1.165, 1.54) is 0 Å². The lowest BCUT2D eigenvalue weighted by Crippen LogP contribution is -2.20. The van der Waals surface area contributed by atoms with Crippen molar-refractivity contribution >= 4 is 35.7 Å². The van der Waals surface area contributed by atoms with Crippen LogP contribution in [0.4, 0.5) is 22.0 Å². The van der Waals surface area contributed by atoms with Gasteiger partial charge in [0.05, 0.1) is 5.69 Å². The smallest absolute Gasteiger partial charge is 0.386 e. The number of aromatic nitrogens is 1. The van der Waals surface area contributed by atoms with E-state index in [1.54, 1.807) is 0 Å². The number of alkyl halides is 6. The van der Waals surface area contributed by atoms with Crippen molar-refractivity contribution < 1.29 is 35.1 Å². The Hall–Kier alpha value is -0.680. The molecule has 0 saturated heterocycles. The molecule has 0 aliphatic rings. The van der Waals surface area contributed by atoms with Gasteiger partial charge in [0.1, 0.15) is 4.90 Å². The third-order valence-electron chi connectivity index (χ3n) is 1.90. The van der Waals surface area contributed by atoms with Gasteiger partial charge in [0.2, 0.25) is 5.88 Å². The van der Waals surface area contributed by atoms with E-state index in [2.05, 4.69) is 25.7 Å². The molecule has 1 aromatic heterocycles. The highest BCUT2D eigenvalue weighted by molar-refractivity contribution is 9.08. The average molecular weight is 405 g/mol. The molecule has 1 aromatic rings. The van der Waals surface area contributed by atoms with Crippen LogP contribution in [0.25, 0.3) is 0 Å². The molecule has 0 amide bonds. The predicted molar refractivity (Wildman–Crippen MR) is 61.5 cm³/mol. The van der Waals surface area contributed by atoms with Gasteiger partial charge >= 0.3 is 6.36 Å². The zero-order chi connectivity index (χ0) is 15.7. The molecule has 0 aliphatic heterocycles. The molecule has 0 unspecified atom stereocenters. The Morgan fingerprint density at radius 3 is 2.30 bits per heavy atom. The summed E-state index contributed by atoms with van der Waals surface area (Å²) in [4.78, 5) is 1.85. The van der Waals surface area contributed by atoms with Crippen molar-refractivity contribution in [3.63, 3.8) is 0 Å². The first-order chi connectivity index (χ1) is 8.95. The molecule has 12 heteroatoms. The van der Waals surface area contributed by atoms with E-state index >= 15 is 0 Å². The molecule has 0 N–H and O–H groups in total. The minimum Gasteiger partial charge on any atom is -0.386 e.